The second kappa shape index (κ2) is 2.70. The molecule has 3 rings (SSSR count). The number of aromatic nitrogens is 4. The van der Waals surface area contributed by atoms with Crippen molar-refractivity contribution < 1.29 is 0 Å². The maximum Gasteiger partial charge on any atom is 0.0974 e. The number of hydrogen-bond donors (Lipinski definition) is 2. The number of aromatic amines is 2. The van der Waals surface area contributed by atoms with Crippen molar-refractivity contribution >= 4 is 10.9 Å². The molecule has 0 bridgehead atoms. The predicted molar refractivity (Wildman–Crippen MR) is 53.7 cm³/mol. The molecule has 2 N–H and O–H groups in total. The fourth-order valence-corrected chi connectivity index (χ4v) is 1.58. The second-order valence-electron chi connectivity index (χ2n) is 3.09. The summed E-state index contributed by atoms with van der Waals surface area (Å²) in [7, 11) is 0. The Hall–Kier alpha value is -2.10. The Morgan fingerprint density at radius 2 is 2.21 bits per heavy atom. The minimum Gasteiger partial charge on any atom is -0.359 e. The van der Waals surface area contributed by atoms with Crippen molar-refractivity contribution in [1.29, 1.82) is 0 Å². The van der Waals surface area contributed by atoms with Crippen LogP contribution in [0, 0.1) is 0 Å². The van der Waals surface area contributed by atoms with Crippen molar-refractivity contribution in [2.24, 2.45) is 0 Å². The lowest BCUT2D eigenvalue weighted by atomic mass is 10.2. The lowest BCUT2D eigenvalue weighted by Crippen LogP contribution is -1.82. The molecule has 0 aromatic carbocycles. The van der Waals surface area contributed by atoms with E-state index in [4.69, 9.17) is 0 Å². The fraction of sp³-hybridized carbons (Fsp3) is 0. The third-order valence-corrected chi connectivity index (χ3v) is 2.25. The molecule has 4 nitrogen and oxygen atoms in total. The summed E-state index contributed by atoms with van der Waals surface area (Å²) in [6, 6.07) is 4.01. The van der Waals surface area contributed by atoms with E-state index >= 15 is 0 Å². The van der Waals surface area contributed by atoms with Gasteiger partial charge in [0.05, 0.1) is 17.4 Å². The van der Waals surface area contributed by atoms with Gasteiger partial charge in [0.25, 0.3) is 0 Å². The SMILES string of the molecule is c1cc2cc[nH]c2c(-c2cn[nH]c2)n1. The van der Waals surface area contributed by atoms with Gasteiger partial charge >= 0.3 is 0 Å². The zero-order chi connectivity index (χ0) is 9.38. The monoisotopic (exact) mass is 184 g/mol. The first-order valence-corrected chi connectivity index (χ1v) is 4.36. The van der Waals surface area contributed by atoms with Crippen LogP contribution in [-0.4, -0.2) is 20.2 Å². The molecule has 3 aromatic heterocycles. The fourth-order valence-electron chi connectivity index (χ4n) is 1.58. The van der Waals surface area contributed by atoms with Crippen LogP contribution < -0.4 is 0 Å². The Kier molecular flexibility index (Phi) is 1.41. The highest BCUT2D eigenvalue weighted by Crippen LogP contribution is 2.23. The maximum absolute atomic E-state index is 4.33. The molecular weight excluding hydrogens is 176 g/mol. The van der Waals surface area contributed by atoms with Gasteiger partial charge in [0.15, 0.2) is 0 Å². The standard InChI is InChI=1S/C10H8N4/c1-3-11-9-7(1)2-4-12-10(9)8-5-13-14-6-8/h1-6,11H,(H,13,14). The van der Waals surface area contributed by atoms with Gasteiger partial charge in [-0.15, -0.1) is 0 Å². The molecule has 3 aromatic rings. The van der Waals surface area contributed by atoms with Gasteiger partial charge < -0.3 is 4.98 Å². The van der Waals surface area contributed by atoms with E-state index in [2.05, 4.69) is 20.2 Å². The molecule has 0 aliphatic carbocycles. The van der Waals surface area contributed by atoms with E-state index in [1.807, 2.05) is 24.5 Å². The first-order valence-electron chi connectivity index (χ1n) is 4.36. The van der Waals surface area contributed by atoms with Gasteiger partial charge in [0.2, 0.25) is 0 Å². The molecule has 0 saturated carbocycles. The van der Waals surface area contributed by atoms with Gasteiger partial charge in [0, 0.05) is 29.5 Å². The molecule has 0 radical (unpaired) electrons. The van der Waals surface area contributed by atoms with Crippen molar-refractivity contribution in [3.05, 3.63) is 36.9 Å². The molecule has 68 valence electrons. The summed E-state index contributed by atoms with van der Waals surface area (Å²) >= 11 is 0. The summed E-state index contributed by atoms with van der Waals surface area (Å²) in [6.45, 7) is 0. The Morgan fingerprint density at radius 1 is 1.21 bits per heavy atom. The molecule has 0 unspecified atom stereocenters. The van der Waals surface area contributed by atoms with Crippen LogP contribution in [-0.2, 0) is 0 Å². The van der Waals surface area contributed by atoms with Crippen molar-refractivity contribution in [2.75, 3.05) is 0 Å². The van der Waals surface area contributed by atoms with Crippen LogP contribution in [0.4, 0.5) is 0 Å². The van der Waals surface area contributed by atoms with E-state index in [1.54, 1.807) is 12.4 Å². The summed E-state index contributed by atoms with van der Waals surface area (Å²) in [5.74, 6) is 0. The Morgan fingerprint density at radius 3 is 3.07 bits per heavy atom. The molecule has 0 spiro atoms. The summed E-state index contributed by atoms with van der Waals surface area (Å²) in [5.41, 5.74) is 2.98. The zero-order valence-corrected chi connectivity index (χ0v) is 7.36. The Balaban J connectivity index is 2.36. The van der Waals surface area contributed by atoms with E-state index < -0.39 is 0 Å². The first-order chi connectivity index (χ1) is 6.95. The molecule has 3 heterocycles. The van der Waals surface area contributed by atoms with Gasteiger partial charge in [-0.25, -0.2) is 0 Å². The number of fused-ring (bicyclic) bond motifs is 1. The summed E-state index contributed by atoms with van der Waals surface area (Å²) in [4.78, 5) is 7.50. The van der Waals surface area contributed by atoms with Crippen LogP contribution in [0.2, 0.25) is 0 Å². The van der Waals surface area contributed by atoms with Gasteiger partial charge in [-0.3, -0.25) is 10.1 Å². The Bertz CT molecular complexity index is 550. The van der Waals surface area contributed by atoms with E-state index in [0.717, 1.165) is 22.2 Å². The third kappa shape index (κ3) is 0.939. The van der Waals surface area contributed by atoms with Gasteiger partial charge in [-0.2, -0.15) is 5.10 Å². The largest absolute Gasteiger partial charge is 0.359 e. The number of hydrogen-bond acceptors (Lipinski definition) is 2. The van der Waals surface area contributed by atoms with Crippen LogP contribution in [0.15, 0.2) is 36.9 Å². The number of nitrogens with one attached hydrogen (secondary N) is 2. The molecule has 0 aliphatic heterocycles. The normalized spacial score (nSPS) is 10.9. The van der Waals surface area contributed by atoms with E-state index in [-0.39, 0.29) is 0 Å². The second-order valence-corrected chi connectivity index (χ2v) is 3.09. The summed E-state index contributed by atoms with van der Waals surface area (Å²) in [5, 5.41) is 7.86. The molecule has 14 heavy (non-hydrogen) atoms. The molecule has 4 heteroatoms. The third-order valence-electron chi connectivity index (χ3n) is 2.25. The smallest absolute Gasteiger partial charge is 0.0974 e. The van der Waals surface area contributed by atoms with Gasteiger partial charge in [-0.1, -0.05) is 0 Å². The van der Waals surface area contributed by atoms with Crippen LogP contribution >= 0.6 is 0 Å². The first kappa shape index (κ1) is 7.32. The van der Waals surface area contributed by atoms with Crippen LogP contribution in [0.3, 0.4) is 0 Å². The highest BCUT2D eigenvalue weighted by atomic mass is 15.1. The van der Waals surface area contributed by atoms with Crippen molar-refractivity contribution in [2.45, 2.75) is 0 Å². The van der Waals surface area contributed by atoms with E-state index in [0.29, 0.717) is 0 Å². The lowest BCUT2D eigenvalue weighted by Gasteiger charge is -1.97. The van der Waals surface area contributed by atoms with Gasteiger partial charge in [-0.05, 0) is 12.1 Å². The number of pyridine rings is 1. The molecule has 0 aliphatic rings. The molecule has 0 fully saturated rings. The Labute approximate surface area is 80.0 Å². The average molecular weight is 184 g/mol. The van der Waals surface area contributed by atoms with Crippen LogP contribution in [0.25, 0.3) is 22.2 Å². The number of nitrogens with zero attached hydrogens (tertiary/aromatic N) is 2. The van der Waals surface area contributed by atoms with Crippen molar-refractivity contribution in [3.63, 3.8) is 0 Å². The topological polar surface area (TPSA) is 57.4 Å². The number of H-pyrrole nitrogens is 2. The minimum absolute atomic E-state index is 0.932. The molecular formula is C10H8N4. The zero-order valence-electron chi connectivity index (χ0n) is 7.36. The molecule has 0 atom stereocenters. The maximum atomic E-state index is 4.33. The van der Waals surface area contributed by atoms with E-state index in [9.17, 15) is 0 Å². The highest BCUT2D eigenvalue weighted by Gasteiger charge is 2.05. The van der Waals surface area contributed by atoms with E-state index in [1.165, 1.54) is 0 Å². The predicted octanol–water partition coefficient (Wildman–Crippen LogP) is 1.95. The van der Waals surface area contributed by atoms with Crippen LogP contribution in [0.5, 0.6) is 0 Å². The van der Waals surface area contributed by atoms with Crippen LogP contribution in [0.1, 0.15) is 0 Å². The quantitative estimate of drug-likeness (QED) is 0.607. The lowest BCUT2D eigenvalue weighted by molar-refractivity contribution is 1.09. The van der Waals surface area contributed by atoms with Crippen molar-refractivity contribution in [3.8, 4) is 11.3 Å². The van der Waals surface area contributed by atoms with Crippen molar-refractivity contribution in [1.82, 2.24) is 20.2 Å². The van der Waals surface area contributed by atoms with Gasteiger partial charge in [0.1, 0.15) is 0 Å². The summed E-state index contributed by atoms with van der Waals surface area (Å²) in [6.07, 6.45) is 7.32. The highest BCUT2D eigenvalue weighted by molar-refractivity contribution is 5.91. The average Bonchev–Trinajstić information content (AvgIpc) is 2.88. The molecule has 0 saturated heterocycles. The minimum atomic E-state index is 0.932. The number of rotatable bonds is 1. The summed E-state index contributed by atoms with van der Waals surface area (Å²) < 4.78 is 0. The molecule has 0 amide bonds.